The van der Waals surface area contributed by atoms with Gasteiger partial charge in [-0.2, -0.15) is 0 Å². The molecule has 0 saturated heterocycles. The fraction of sp³-hybridized carbons (Fsp3) is 0.792. The number of carbonyl (C=O) groups is 3. The summed E-state index contributed by atoms with van der Waals surface area (Å²) >= 11 is 1.18. The molecule has 0 unspecified atom stereocenters. The summed E-state index contributed by atoms with van der Waals surface area (Å²) in [5, 5.41) is 22.7. The summed E-state index contributed by atoms with van der Waals surface area (Å²) in [4.78, 5) is 36.3. The quantitative estimate of drug-likeness (QED) is 0.621. The van der Waals surface area contributed by atoms with Crippen molar-refractivity contribution in [2.24, 2.45) is 28.6 Å². The van der Waals surface area contributed by atoms with Crippen LogP contribution in [0.3, 0.4) is 0 Å². The molecule has 0 amide bonds. The number of thioether (sulfide) groups is 1. The highest BCUT2D eigenvalue weighted by Crippen LogP contribution is 2.66. The van der Waals surface area contributed by atoms with E-state index in [4.69, 9.17) is 0 Å². The highest BCUT2D eigenvalue weighted by atomic mass is 32.2. The van der Waals surface area contributed by atoms with Crippen molar-refractivity contribution in [1.29, 1.82) is 0 Å². The standard InChI is InChI=1S/C24H34O6S/c1-22-10-18(26)21-16(5-4-14-8-15(25)6-7-23(14,21)2)17(22)9-24(29,13-22)19(27)11-31-12-20(28)30-3/h8,16-18,21,26,29H,4-7,9-13H2,1-3H3/t16-,17-,18-,21+,22+,23-,24+/m0/s1. The molecule has 172 valence electrons. The number of ketones is 2. The maximum absolute atomic E-state index is 13.0. The van der Waals surface area contributed by atoms with E-state index in [-0.39, 0.29) is 57.6 Å². The van der Waals surface area contributed by atoms with Gasteiger partial charge in [-0.15, -0.1) is 11.8 Å². The second kappa shape index (κ2) is 7.99. The number of aliphatic hydroxyl groups excluding tert-OH is 1. The molecule has 4 rings (SSSR count). The van der Waals surface area contributed by atoms with Crippen molar-refractivity contribution >= 4 is 29.3 Å². The fourth-order valence-corrected chi connectivity index (χ4v) is 8.30. The molecule has 0 heterocycles. The molecule has 4 aliphatic rings. The molecule has 4 aliphatic carbocycles. The molecular weight excluding hydrogens is 416 g/mol. The number of allylic oxidation sites excluding steroid dienone is 1. The number of Topliss-reactive ketones (excluding diaryl/α,β-unsaturated/α-hetero) is 1. The fourth-order valence-electron chi connectivity index (χ4n) is 7.46. The van der Waals surface area contributed by atoms with E-state index in [0.717, 1.165) is 19.3 Å². The lowest BCUT2D eigenvalue weighted by atomic mass is 9.46. The molecule has 0 spiro atoms. The van der Waals surface area contributed by atoms with Crippen LogP contribution in [0.5, 0.6) is 0 Å². The van der Waals surface area contributed by atoms with Crippen LogP contribution in [0.25, 0.3) is 0 Å². The van der Waals surface area contributed by atoms with Crippen LogP contribution in [-0.2, 0) is 19.1 Å². The minimum absolute atomic E-state index is 0.0600. The number of esters is 1. The molecule has 7 atom stereocenters. The third-order valence-corrected chi connectivity index (χ3v) is 9.77. The Hall–Kier alpha value is -1.18. The lowest BCUT2D eigenvalue weighted by molar-refractivity contribution is -0.137. The molecule has 0 aromatic carbocycles. The molecule has 2 N–H and O–H groups in total. The molecule has 0 radical (unpaired) electrons. The zero-order valence-corrected chi connectivity index (χ0v) is 19.5. The summed E-state index contributed by atoms with van der Waals surface area (Å²) < 4.78 is 4.62. The van der Waals surface area contributed by atoms with Crippen LogP contribution >= 0.6 is 11.8 Å². The van der Waals surface area contributed by atoms with Gasteiger partial charge in [0.15, 0.2) is 11.6 Å². The minimum atomic E-state index is -1.41. The Kier molecular flexibility index (Phi) is 5.93. The zero-order valence-electron chi connectivity index (χ0n) is 18.7. The van der Waals surface area contributed by atoms with Gasteiger partial charge in [-0.3, -0.25) is 14.4 Å². The average Bonchev–Trinajstić information content (AvgIpc) is 2.99. The monoisotopic (exact) mass is 450 g/mol. The van der Waals surface area contributed by atoms with Crippen molar-refractivity contribution in [3.05, 3.63) is 11.6 Å². The maximum atomic E-state index is 13.0. The van der Waals surface area contributed by atoms with Gasteiger partial charge in [-0.05, 0) is 73.2 Å². The summed E-state index contributed by atoms with van der Waals surface area (Å²) in [5.41, 5.74) is -0.703. The van der Waals surface area contributed by atoms with Gasteiger partial charge in [-0.1, -0.05) is 19.4 Å². The first-order chi connectivity index (χ1) is 14.5. The topological polar surface area (TPSA) is 101 Å². The van der Waals surface area contributed by atoms with Gasteiger partial charge >= 0.3 is 5.97 Å². The van der Waals surface area contributed by atoms with Crippen molar-refractivity contribution in [3.8, 4) is 0 Å². The van der Waals surface area contributed by atoms with Gasteiger partial charge in [0.1, 0.15) is 5.60 Å². The van der Waals surface area contributed by atoms with Crippen molar-refractivity contribution in [2.75, 3.05) is 18.6 Å². The minimum Gasteiger partial charge on any atom is -0.468 e. The molecular formula is C24H34O6S. The number of hydrogen-bond donors (Lipinski definition) is 2. The maximum Gasteiger partial charge on any atom is 0.315 e. The van der Waals surface area contributed by atoms with Crippen molar-refractivity contribution in [2.45, 2.75) is 70.5 Å². The summed E-state index contributed by atoms with van der Waals surface area (Å²) in [6, 6.07) is 0. The molecule has 3 fully saturated rings. The normalized spacial score (nSPS) is 44.0. The Morgan fingerprint density at radius 3 is 2.68 bits per heavy atom. The van der Waals surface area contributed by atoms with E-state index in [1.807, 2.05) is 6.08 Å². The number of rotatable bonds is 5. The molecule has 0 aromatic rings. The summed E-state index contributed by atoms with van der Waals surface area (Å²) in [6.45, 7) is 4.31. The van der Waals surface area contributed by atoms with E-state index in [2.05, 4.69) is 18.6 Å². The van der Waals surface area contributed by atoms with E-state index in [1.54, 1.807) is 0 Å². The van der Waals surface area contributed by atoms with E-state index in [9.17, 15) is 24.6 Å². The summed E-state index contributed by atoms with van der Waals surface area (Å²) in [7, 11) is 1.32. The van der Waals surface area contributed by atoms with Crippen LogP contribution in [-0.4, -0.2) is 58.1 Å². The van der Waals surface area contributed by atoms with E-state index in [1.165, 1.54) is 24.4 Å². The highest BCUT2D eigenvalue weighted by Gasteiger charge is 2.64. The average molecular weight is 451 g/mol. The van der Waals surface area contributed by atoms with Gasteiger partial charge < -0.3 is 14.9 Å². The van der Waals surface area contributed by atoms with Gasteiger partial charge in [-0.25, -0.2) is 0 Å². The third kappa shape index (κ3) is 3.80. The summed E-state index contributed by atoms with van der Waals surface area (Å²) in [5.74, 6) is 0.204. The number of methoxy groups -OCH3 is 1. The number of carbonyl (C=O) groups excluding carboxylic acids is 3. The lowest BCUT2D eigenvalue weighted by Gasteiger charge is -2.59. The van der Waals surface area contributed by atoms with E-state index >= 15 is 0 Å². The first-order valence-electron chi connectivity index (χ1n) is 11.3. The van der Waals surface area contributed by atoms with Gasteiger partial charge in [0.2, 0.25) is 0 Å². The van der Waals surface area contributed by atoms with Crippen LogP contribution in [0, 0.1) is 28.6 Å². The Morgan fingerprint density at radius 2 is 1.97 bits per heavy atom. The van der Waals surface area contributed by atoms with Crippen molar-refractivity contribution in [3.63, 3.8) is 0 Å². The van der Waals surface area contributed by atoms with Crippen molar-refractivity contribution in [1.82, 2.24) is 0 Å². The van der Waals surface area contributed by atoms with Crippen LogP contribution in [0.1, 0.15) is 58.8 Å². The van der Waals surface area contributed by atoms with Crippen LogP contribution in [0.2, 0.25) is 0 Å². The molecule has 7 heteroatoms. The van der Waals surface area contributed by atoms with E-state index < -0.39 is 11.7 Å². The lowest BCUT2D eigenvalue weighted by Crippen LogP contribution is -2.55. The number of fused-ring (bicyclic) bond motifs is 5. The molecule has 31 heavy (non-hydrogen) atoms. The predicted molar refractivity (Wildman–Crippen MR) is 117 cm³/mol. The molecule has 3 saturated carbocycles. The molecule has 0 aliphatic heterocycles. The van der Waals surface area contributed by atoms with Gasteiger partial charge in [0.25, 0.3) is 0 Å². The second-order valence-corrected chi connectivity index (χ2v) is 11.7. The smallest absolute Gasteiger partial charge is 0.315 e. The van der Waals surface area contributed by atoms with Gasteiger partial charge in [0, 0.05) is 6.42 Å². The summed E-state index contributed by atoms with van der Waals surface area (Å²) in [6.07, 6.45) is 5.70. The Morgan fingerprint density at radius 1 is 1.23 bits per heavy atom. The Labute approximate surface area is 188 Å². The van der Waals surface area contributed by atoms with Gasteiger partial charge in [0.05, 0.1) is 24.7 Å². The first kappa shape index (κ1) is 23.0. The second-order valence-electron chi connectivity index (χ2n) is 10.7. The Balaban J connectivity index is 1.55. The molecule has 6 nitrogen and oxygen atoms in total. The van der Waals surface area contributed by atoms with Crippen LogP contribution in [0.4, 0.5) is 0 Å². The predicted octanol–water partition coefficient (Wildman–Crippen LogP) is 2.70. The van der Waals surface area contributed by atoms with Crippen molar-refractivity contribution < 1.29 is 29.3 Å². The van der Waals surface area contributed by atoms with E-state index in [0.29, 0.717) is 25.7 Å². The zero-order chi connectivity index (χ0) is 22.6. The largest absolute Gasteiger partial charge is 0.468 e. The molecule has 0 aromatic heterocycles. The van der Waals surface area contributed by atoms with Crippen LogP contribution in [0.15, 0.2) is 11.6 Å². The highest BCUT2D eigenvalue weighted by molar-refractivity contribution is 8.00. The van der Waals surface area contributed by atoms with Crippen LogP contribution < -0.4 is 0 Å². The third-order valence-electron chi connectivity index (χ3n) is 8.86. The molecule has 0 bridgehead atoms. The first-order valence-corrected chi connectivity index (χ1v) is 12.5. The number of aliphatic hydroxyl groups is 2. The Bertz CT molecular complexity index is 823. The number of ether oxygens (including phenoxy) is 1. The number of hydrogen-bond acceptors (Lipinski definition) is 7. The SMILES string of the molecule is COC(=O)CSCC(=O)[C@@]1(O)C[C@H]2[C@@H]3CCC4=CC(=O)CC[C@]4(C)[C@H]3[C@@H](O)C[C@]2(C)C1.